The number of aryl methyl sites for hydroxylation is 1. The lowest BCUT2D eigenvalue weighted by Crippen LogP contribution is -1.96. The third kappa shape index (κ3) is 1.30. The Balaban J connectivity index is 3.16. The van der Waals surface area contributed by atoms with Crippen LogP contribution in [-0.4, -0.2) is 22.0 Å². The largest absolute Gasteiger partial charge is 0.481 e. The lowest BCUT2D eigenvalue weighted by molar-refractivity contribution is 0.274. The first kappa shape index (κ1) is 9.06. The van der Waals surface area contributed by atoms with Gasteiger partial charge < -0.3 is 9.84 Å². The number of hydrogen-bond donors (Lipinski definition) is 1. The van der Waals surface area contributed by atoms with E-state index in [0.717, 1.165) is 17.9 Å². The standard InChI is InChI=1S/C8H14N2O2/c1-4-6-7(5-11)9-10(2)8(6)12-3/h11H,4-5H2,1-3H3. The molecule has 12 heavy (non-hydrogen) atoms. The van der Waals surface area contributed by atoms with Crippen molar-refractivity contribution < 1.29 is 9.84 Å². The molecule has 0 spiro atoms. The Labute approximate surface area is 71.8 Å². The number of aliphatic hydroxyl groups is 1. The highest BCUT2D eigenvalue weighted by atomic mass is 16.5. The Kier molecular flexibility index (Phi) is 2.70. The first-order valence-electron chi connectivity index (χ1n) is 3.94. The van der Waals surface area contributed by atoms with Gasteiger partial charge in [0.15, 0.2) is 0 Å². The van der Waals surface area contributed by atoms with Crippen molar-refractivity contribution in [2.24, 2.45) is 7.05 Å². The van der Waals surface area contributed by atoms with Crippen molar-refractivity contribution in [1.29, 1.82) is 0 Å². The molecule has 0 amide bonds. The third-order valence-electron chi connectivity index (χ3n) is 1.87. The zero-order valence-corrected chi connectivity index (χ0v) is 7.66. The van der Waals surface area contributed by atoms with Gasteiger partial charge in [-0.3, -0.25) is 0 Å². The molecule has 68 valence electrons. The summed E-state index contributed by atoms with van der Waals surface area (Å²) in [5.41, 5.74) is 1.69. The Morgan fingerprint density at radius 1 is 1.58 bits per heavy atom. The Bertz CT molecular complexity index is 268. The lowest BCUT2D eigenvalue weighted by atomic mass is 10.2. The minimum atomic E-state index is -0.0274. The van der Waals surface area contributed by atoms with Gasteiger partial charge in [-0.25, -0.2) is 4.68 Å². The maximum atomic E-state index is 8.95. The molecule has 1 aromatic rings. The van der Waals surface area contributed by atoms with Gasteiger partial charge in [0.25, 0.3) is 0 Å². The molecule has 1 heterocycles. The van der Waals surface area contributed by atoms with Gasteiger partial charge in [0.05, 0.1) is 19.4 Å². The molecule has 0 saturated heterocycles. The molecular weight excluding hydrogens is 156 g/mol. The van der Waals surface area contributed by atoms with Crippen LogP contribution < -0.4 is 4.74 Å². The number of aliphatic hydroxyl groups excluding tert-OH is 1. The second kappa shape index (κ2) is 3.58. The molecule has 0 aliphatic carbocycles. The second-order valence-electron chi connectivity index (χ2n) is 2.57. The fourth-order valence-corrected chi connectivity index (χ4v) is 1.34. The number of rotatable bonds is 3. The van der Waals surface area contributed by atoms with Crippen LogP contribution in [-0.2, 0) is 20.1 Å². The van der Waals surface area contributed by atoms with Crippen LogP contribution in [0, 0.1) is 0 Å². The summed E-state index contributed by atoms with van der Waals surface area (Å²) in [5.74, 6) is 0.738. The van der Waals surface area contributed by atoms with E-state index >= 15 is 0 Å². The van der Waals surface area contributed by atoms with Crippen molar-refractivity contribution in [1.82, 2.24) is 9.78 Å². The van der Waals surface area contributed by atoms with Gasteiger partial charge >= 0.3 is 0 Å². The predicted molar refractivity (Wildman–Crippen MR) is 45.1 cm³/mol. The van der Waals surface area contributed by atoms with Gasteiger partial charge in [0.1, 0.15) is 0 Å². The Morgan fingerprint density at radius 3 is 2.67 bits per heavy atom. The van der Waals surface area contributed by atoms with E-state index in [1.54, 1.807) is 18.8 Å². The first-order chi connectivity index (χ1) is 5.74. The van der Waals surface area contributed by atoms with Gasteiger partial charge in [-0.1, -0.05) is 6.92 Å². The van der Waals surface area contributed by atoms with Crippen LogP contribution in [0.15, 0.2) is 0 Å². The molecule has 0 aliphatic rings. The highest BCUT2D eigenvalue weighted by molar-refractivity contribution is 5.31. The lowest BCUT2D eigenvalue weighted by Gasteiger charge is -2.01. The van der Waals surface area contributed by atoms with Crippen molar-refractivity contribution in [2.75, 3.05) is 7.11 Å². The summed E-state index contributed by atoms with van der Waals surface area (Å²) >= 11 is 0. The van der Waals surface area contributed by atoms with Crippen molar-refractivity contribution in [2.45, 2.75) is 20.0 Å². The van der Waals surface area contributed by atoms with Crippen LogP contribution in [0.1, 0.15) is 18.2 Å². The van der Waals surface area contributed by atoms with E-state index in [9.17, 15) is 0 Å². The van der Waals surface area contributed by atoms with Crippen molar-refractivity contribution in [3.8, 4) is 5.88 Å². The number of ether oxygens (including phenoxy) is 1. The van der Waals surface area contributed by atoms with Crippen LogP contribution >= 0.6 is 0 Å². The van der Waals surface area contributed by atoms with Crippen molar-refractivity contribution >= 4 is 0 Å². The minimum absolute atomic E-state index is 0.0274. The molecular formula is C8H14N2O2. The second-order valence-corrected chi connectivity index (χ2v) is 2.57. The molecule has 0 bridgehead atoms. The predicted octanol–water partition coefficient (Wildman–Crippen LogP) is 0.483. The quantitative estimate of drug-likeness (QED) is 0.718. The highest BCUT2D eigenvalue weighted by Gasteiger charge is 2.13. The molecule has 0 unspecified atom stereocenters. The molecule has 1 N–H and O–H groups in total. The van der Waals surface area contributed by atoms with Gasteiger partial charge in [-0.15, -0.1) is 0 Å². The molecule has 0 aromatic carbocycles. The third-order valence-corrected chi connectivity index (χ3v) is 1.87. The average molecular weight is 170 g/mol. The van der Waals surface area contributed by atoms with E-state index in [1.807, 2.05) is 6.92 Å². The smallest absolute Gasteiger partial charge is 0.214 e. The first-order valence-corrected chi connectivity index (χ1v) is 3.94. The summed E-state index contributed by atoms with van der Waals surface area (Å²) in [4.78, 5) is 0. The Morgan fingerprint density at radius 2 is 2.25 bits per heavy atom. The average Bonchev–Trinajstić information content (AvgIpc) is 2.40. The number of methoxy groups -OCH3 is 1. The van der Waals surface area contributed by atoms with Crippen LogP contribution in [0.4, 0.5) is 0 Å². The van der Waals surface area contributed by atoms with E-state index in [-0.39, 0.29) is 6.61 Å². The van der Waals surface area contributed by atoms with Crippen LogP contribution in [0.5, 0.6) is 5.88 Å². The van der Waals surface area contributed by atoms with Gasteiger partial charge in [0.2, 0.25) is 5.88 Å². The van der Waals surface area contributed by atoms with Crippen LogP contribution in [0.25, 0.3) is 0 Å². The molecule has 0 radical (unpaired) electrons. The SMILES string of the molecule is CCc1c(CO)nn(C)c1OC. The minimum Gasteiger partial charge on any atom is -0.481 e. The van der Waals surface area contributed by atoms with Gasteiger partial charge in [0, 0.05) is 12.6 Å². The topological polar surface area (TPSA) is 47.3 Å². The van der Waals surface area contributed by atoms with Crippen molar-refractivity contribution in [3.63, 3.8) is 0 Å². The molecule has 0 atom stereocenters. The van der Waals surface area contributed by atoms with E-state index < -0.39 is 0 Å². The monoisotopic (exact) mass is 170 g/mol. The summed E-state index contributed by atoms with van der Waals surface area (Å²) in [6.07, 6.45) is 0.826. The van der Waals surface area contributed by atoms with E-state index in [0.29, 0.717) is 5.69 Å². The summed E-state index contributed by atoms with van der Waals surface area (Å²) < 4.78 is 6.78. The molecule has 0 saturated carbocycles. The summed E-state index contributed by atoms with van der Waals surface area (Å²) in [6.45, 7) is 1.99. The Hall–Kier alpha value is -1.03. The number of nitrogens with zero attached hydrogens (tertiary/aromatic N) is 2. The number of hydrogen-bond acceptors (Lipinski definition) is 3. The van der Waals surface area contributed by atoms with E-state index in [1.165, 1.54) is 0 Å². The maximum Gasteiger partial charge on any atom is 0.214 e. The maximum absolute atomic E-state index is 8.95. The molecule has 1 rings (SSSR count). The zero-order valence-electron chi connectivity index (χ0n) is 7.66. The van der Waals surface area contributed by atoms with E-state index in [4.69, 9.17) is 9.84 Å². The summed E-state index contributed by atoms with van der Waals surface area (Å²) in [7, 11) is 3.41. The van der Waals surface area contributed by atoms with Crippen LogP contribution in [0.2, 0.25) is 0 Å². The molecule has 4 heteroatoms. The molecule has 1 aromatic heterocycles. The summed E-state index contributed by atoms with van der Waals surface area (Å²) in [5, 5.41) is 13.1. The molecule has 0 aliphatic heterocycles. The highest BCUT2D eigenvalue weighted by Crippen LogP contribution is 2.21. The fourth-order valence-electron chi connectivity index (χ4n) is 1.34. The fraction of sp³-hybridized carbons (Fsp3) is 0.625. The molecule has 0 fully saturated rings. The van der Waals surface area contributed by atoms with Crippen LogP contribution in [0.3, 0.4) is 0 Å². The zero-order chi connectivity index (χ0) is 9.14. The normalized spacial score (nSPS) is 10.3. The molecule has 4 nitrogen and oxygen atoms in total. The summed E-state index contributed by atoms with van der Waals surface area (Å²) in [6, 6.07) is 0. The van der Waals surface area contributed by atoms with Gasteiger partial charge in [-0.2, -0.15) is 5.10 Å². The van der Waals surface area contributed by atoms with E-state index in [2.05, 4.69) is 5.10 Å². The number of aromatic nitrogens is 2. The van der Waals surface area contributed by atoms with Crippen molar-refractivity contribution in [3.05, 3.63) is 11.3 Å². The van der Waals surface area contributed by atoms with Gasteiger partial charge in [-0.05, 0) is 6.42 Å².